The van der Waals surface area contributed by atoms with Gasteiger partial charge in [-0.25, -0.2) is 0 Å². The molecule has 0 saturated carbocycles. The van der Waals surface area contributed by atoms with E-state index in [1.54, 1.807) is 32.6 Å². The van der Waals surface area contributed by atoms with Crippen LogP contribution in [0.15, 0.2) is 23.2 Å². The Balaban J connectivity index is 0.00000312. The molecule has 0 aliphatic rings. The molecule has 26 heavy (non-hydrogen) atoms. The van der Waals surface area contributed by atoms with Crippen molar-refractivity contribution in [3.63, 3.8) is 0 Å². The molecule has 0 aliphatic carbocycles. The van der Waals surface area contributed by atoms with Crippen LogP contribution >= 0.6 is 0 Å². The molecule has 0 bridgehead atoms. The Morgan fingerprint density at radius 3 is 1.77 bits per heavy atom. The Kier molecular flexibility index (Phi) is 8.97. The minimum atomic E-state index is -2.20. The number of rotatable bonds is 2. The third-order valence-corrected chi connectivity index (χ3v) is 4.30. The molecule has 0 unspecified atom stereocenters. The van der Waals surface area contributed by atoms with Crippen molar-refractivity contribution >= 4 is 15.8 Å². The summed E-state index contributed by atoms with van der Waals surface area (Å²) >= 11 is 1.81. The standard InChI is InChI=1S/C17H13F5N.2ClH.Ti/c1-17(2,3)10-6-4-5-9(7-10)8-23-16-14(21)12(19)11(18)13(20)15(16)22;;;/h4-6,8H,1-3H3;2*1H;/q;;;+2/p-2. The van der Waals surface area contributed by atoms with E-state index in [-0.39, 0.29) is 30.2 Å². The Hall–Kier alpha value is -0.946. The van der Waals surface area contributed by atoms with Gasteiger partial charge in [0.2, 0.25) is 0 Å². The van der Waals surface area contributed by atoms with Crippen LogP contribution in [0.25, 0.3) is 0 Å². The van der Waals surface area contributed by atoms with Crippen molar-refractivity contribution in [1.82, 2.24) is 0 Å². The fourth-order valence-corrected chi connectivity index (χ4v) is 3.09. The minimum absolute atomic E-state index is 0. The first-order chi connectivity index (χ1) is 11.1. The maximum Gasteiger partial charge on any atom is -1.00 e. The fourth-order valence-electron chi connectivity index (χ4n) is 2.14. The van der Waals surface area contributed by atoms with E-state index in [0.717, 1.165) is 15.6 Å². The van der Waals surface area contributed by atoms with E-state index >= 15 is 0 Å². The van der Waals surface area contributed by atoms with Crippen molar-refractivity contribution in [2.24, 2.45) is 4.99 Å². The zero-order valence-corrected chi connectivity index (χ0v) is 17.0. The molecule has 0 spiro atoms. The second-order valence-electron chi connectivity index (χ2n) is 6.20. The fraction of sp³-hybridized carbons (Fsp3) is 0.235. The summed E-state index contributed by atoms with van der Waals surface area (Å²) in [5.74, 6) is -10.1. The van der Waals surface area contributed by atoms with Gasteiger partial charge in [0, 0.05) is 0 Å². The Bertz CT molecular complexity index is 806. The first-order valence-electron chi connectivity index (χ1n) is 6.96. The predicted octanol–water partition coefficient (Wildman–Crippen LogP) is -1.39. The molecule has 0 radical (unpaired) electrons. The Morgan fingerprint density at radius 2 is 1.31 bits per heavy atom. The molecule has 139 valence electrons. The summed E-state index contributed by atoms with van der Waals surface area (Å²) in [5, 5.41) is 0. The molecule has 0 heterocycles. The number of hydrogen-bond donors (Lipinski definition) is 0. The number of benzene rings is 2. The van der Waals surface area contributed by atoms with Crippen LogP contribution < -0.4 is 28.7 Å². The van der Waals surface area contributed by atoms with Gasteiger partial charge in [-0.2, -0.15) is 0 Å². The molecule has 2 aromatic rings. The number of nitrogens with zero attached hydrogens (tertiary/aromatic N) is 1. The van der Waals surface area contributed by atoms with Crippen molar-refractivity contribution < 1.29 is 67.2 Å². The van der Waals surface area contributed by atoms with Crippen LogP contribution in [0.5, 0.6) is 0 Å². The second-order valence-corrected chi connectivity index (χ2v) is 6.98. The zero-order chi connectivity index (χ0) is 18.2. The molecule has 0 N–H and O–H groups in total. The third kappa shape index (κ3) is 4.86. The topological polar surface area (TPSA) is 12.4 Å². The minimum Gasteiger partial charge on any atom is -1.00 e. The molecule has 9 heteroatoms. The van der Waals surface area contributed by atoms with E-state index < -0.39 is 34.8 Å². The van der Waals surface area contributed by atoms with Gasteiger partial charge in [-0.15, -0.1) is 0 Å². The van der Waals surface area contributed by atoms with E-state index in [2.05, 4.69) is 4.99 Å². The second kappa shape index (κ2) is 9.31. The first kappa shape index (κ1) is 25.1. The molecular weight excluding hydrogens is 432 g/mol. The van der Waals surface area contributed by atoms with Gasteiger partial charge in [0.05, 0.1) is 0 Å². The predicted molar refractivity (Wildman–Crippen MR) is 78.3 cm³/mol. The molecule has 0 atom stereocenters. The monoisotopic (exact) mass is 444 g/mol. The van der Waals surface area contributed by atoms with Crippen LogP contribution in [0.2, 0.25) is 0 Å². The SMILES string of the molecule is CC(C)(C)c1cccc(C=Nc2c(F)c(F)c(F)c(F)c2F)[c]1[Ti+2].[Cl-].[Cl-]. The van der Waals surface area contributed by atoms with Gasteiger partial charge in [0.1, 0.15) is 0 Å². The van der Waals surface area contributed by atoms with Gasteiger partial charge in [0.25, 0.3) is 0 Å². The summed E-state index contributed by atoms with van der Waals surface area (Å²) in [6, 6.07) is 5.30. The molecular formula is C17H13Cl2F5NTi. The van der Waals surface area contributed by atoms with E-state index in [4.69, 9.17) is 0 Å². The maximum absolute atomic E-state index is 13.6. The summed E-state index contributed by atoms with van der Waals surface area (Å²) in [6.07, 6.45) is 1.10. The van der Waals surface area contributed by atoms with Crippen LogP contribution in [0.1, 0.15) is 31.9 Å². The summed E-state index contributed by atoms with van der Waals surface area (Å²) < 4.78 is 67.5. The molecule has 0 aromatic heterocycles. The number of aliphatic imine (C=N–C) groups is 1. The van der Waals surface area contributed by atoms with Crippen molar-refractivity contribution in [2.45, 2.75) is 26.2 Å². The first-order valence-corrected chi connectivity index (χ1v) is 7.74. The van der Waals surface area contributed by atoms with Gasteiger partial charge < -0.3 is 24.8 Å². The maximum atomic E-state index is 13.6. The van der Waals surface area contributed by atoms with Gasteiger partial charge in [0.15, 0.2) is 0 Å². The smallest absolute Gasteiger partial charge is 1.00 e. The average molecular weight is 445 g/mol. The quantitative estimate of drug-likeness (QED) is 0.178. The van der Waals surface area contributed by atoms with Gasteiger partial charge in [-0.3, -0.25) is 0 Å². The van der Waals surface area contributed by atoms with Crippen molar-refractivity contribution in [2.75, 3.05) is 0 Å². The number of hydrogen-bond acceptors (Lipinski definition) is 1. The molecule has 0 amide bonds. The largest absolute Gasteiger partial charge is 1.00 e. The van der Waals surface area contributed by atoms with E-state index in [1.807, 2.05) is 26.8 Å². The van der Waals surface area contributed by atoms with Crippen LogP contribution in [0, 0.1) is 29.1 Å². The normalized spacial score (nSPS) is 11.3. The van der Waals surface area contributed by atoms with Gasteiger partial charge in [-0.05, 0) is 0 Å². The molecule has 0 saturated heterocycles. The summed E-state index contributed by atoms with van der Waals surface area (Å²) in [6.45, 7) is 6.00. The van der Waals surface area contributed by atoms with E-state index in [0.29, 0.717) is 5.56 Å². The molecule has 1 nitrogen and oxygen atoms in total. The summed E-state index contributed by atoms with van der Waals surface area (Å²) in [7, 11) is 0. The molecule has 0 aliphatic heterocycles. The van der Waals surface area contributed by atoms with Crippen LogP contribution in [0.3, 0.4) is 0 Å². The zero-order valence-electron chi connectivity index (χ0n) is 13.9. The van der Waals surface area contributed by atoms with Gasteiger partial charge >= 0.3 is 148 Å². The Labute approximate surface area is 172 Å². The third-order valence-electron chi connectivity index (χ3n) is 3.42. The average Bonchev–Trinajstić information content (AvgIpc) is 2.51. The summed E-state index contributed by atoms with van der Waals surface area (Å²) in [5.41, 5.74) is 0.153. The van der Waals surface area contributed by atoms with Gasteiger partial charge in [-0.1, -0.05) is 0 Å². The van der Waals surface area contributed by atoms with Crippen LogP contribution in [-0.2, 0) is 25.9 Å². The summed E-state index contributed by atoms with van der Waals surface area (Å²) in [4.78, 5) is 3.50. The Morgan fingerprint density at radius 1 is 0.846 bits per heavy atom. The molecule has 2 rings (SSSR count). The van der Waals surface area contributed by atoms with E-state index in [9.17, 15) is 22.0 Å². The van der Waals surface area contributed by atoms with Crippen LogP contribution in [0.4, 0.5) is 27.6 Å². The van der Waals surface area contributed by atoms with Crippen molar-refractivity contribution in [1.29, 1.82) is 0 Å². The van der Waals surface area contributed by atoms with Crippen molar-refractivity contribution in [3.05, 3.63) is 58.4 Å². The molecule has 0 fully saturated rings. The van der Waals surface area contributed by atoms with Crippen molar-refractivity contribution in [3.8, 4) is 0 Å². The number of halogens is 7. The van der Waals surface area contributed by atoms with Crippen LogP contribution in [-0.4, -0.2) is 6.21 Å². The molecule has 2 aromatic carbocycles. The van der Waals surface area contributed by atoms with E-state index in [1.165, 1.54) is 0 Å².